The van der Waals surface area contributed by atoms with Crippen molar-refractivity contribution in [3.63, 3.8) is 0 Å². The summed E-state index contributed by atoms with van der Waals surface area (Å²) < 4.78 is 0. The molecule has 20 heavy (non-hydrogen) atoms. The van der Waals surface area contributed by atoms with Crippen molar-refractivity contribution in [2.24, 2.45) is 0 Å². The Morgan fingerprint density at radius 2 is 1.65 bits per heavy atom. The Balaban J connectivity index is 2.65. The van der Waals surface area contributed by atoms with Crippen LogP contribution in [0.4, 0.5) is 11.4 Å². The summed E-state index contributed by atoms with van der Waals surface area (Å²) in [6.07, 6.45) is 1.66. The molecule has 0 unspecified atom stereocenters. The smallest absolute Gasteiger partial charge is 0.261 e. The number of pyridine rings is 1. The normalized spacial score (nSPS) is 10.3. The molecule has 0 saturated heterocycles. The first kappa shape index (κ1) is 13.6. The number of benzene rings is 1. The van der Waals surface area contributed by atoms with Crippen molar-refractivity contribution in [2.75, 3.05) is 0 Å². The molecule has 0 fully saturated rings. The molecule has 0 aliphatic heterocycles. The molecule has 102 valence electrons. The first-order chi connectivity index (χ1) is 9.40. The lowest BCUT2D eigenvalue weighted by Gasteiger charge is -2.06. The lowest BCUT2D eigenvalue weighted by Crippen LogP contribution is -1.97. The van der Waals surface area contributed by atoms with Crippen molar-refractivity contribution >= 4 is 11.4 Å². The zero-order valence-electron chi connectivity index (χ0n) is 10.9. The van der Waals surface area contributed by atoms with Gasteiger partial charge in [-0.25, -0.2) is 0 Å². The fourth-order valence-electron chi connectivity index (χ4n) is 1.93. The molecule has 0 atom stereocenters. The lowest BCUT2D eigenvalue weighted by molar-refractivity contribution is -0.422. The average Bonchev–Trinajstić information content (AvgIpc) is 2.40. The summed E-state index contributed by atoms with van der Waals surface area (Å²) in [5.41, 5.74) is 1.93. The van der Waals surface area contributed by atoms with Crippen LogP contribution in [0.25, 0.3) is 11.1 Å². The van der Waals surface area contributed by atoms with E-state index in [1.54, 1.807) is 12.3 Å². The Bertz CT molecular complexity index is 713. The molecular weight excluding hydrogens is 262 g/mol. The Labute approximate surface area is 114 Å². The van der Waals surface area contributed by atoms with Gasteiger partial charge in [0.25, 0.3) is 0 Å². The zero-order valence-corrected chi connectivity index (χ0v) is 10.9. The van der Waals surface area contributed by atoms with Crippen LogP contribution >= 0.6 is 0 Å². The van der Waals surface area contributed by atoms with Gasteiger partial charge in [0.2, 0.25) is 0 Å². The quantitative estimate of drug-likeness (QED) is 0.631. The second-order valence-corrected chi connectivity index (χ2v) is 4.36. The number of aryl methyl sites for hydroxylation is 2. The van der Waals surface area contributed by atoms with Crippen LogP contribution in [0.3, 0.4) is 0 Å². The number of hydrogen-bond donors (Lipinski definition) is 0. The highest BCUT2D eigenvalue weighted by atomic mass is 16.6. The van der Waals surface area contributed by atoms with Gasteiger partial charge >= 0.3 is 11.4 Å². The Hall–Kier alpha value is -2.83. The molecule has 1 aromatic carbocycles. The second-order valence-electron chi connectivity index (χ2n) is 4.36. The zero-order chi connectivity index (χ0) is 14.9. The van der Waals surface area contributed by atoms with Gasteiger partial charge in [-0.2, -0.15) is 0 Å². The van der Waals surface area contributed by atoms with Gasteiger partial charge in [-0.05, 0) is 42.7 Å². The number of nitro groups is 2. The second kappa shape index (κ2) is 5.04. The third kappa shape index (κ3) is 2.46. The third-order valence-electron chi connectivity index (χ3n) is 2.92. The first-order valence-corrected chi connectivity index (χ1v) is 5.76. The fourth-order valence-corrected chi connectivity index (χ4v) is 1.93. The largest absolute Gasteiger partial charge is 0.346 e. The van der Waals surface area contributed by atoms with E-state index < -0.39 is 21.2 Å². The van der Waals surface area contributed by atoms with Gasteiger partial charge in [-0.3, -0.25) is 25.2 Å². The monoisotopic (exact) mass is 273 g/mol. The Morgan fingerprint density at radius 1 is 1.00 bits per heavy atom. The van der Waals surface area contributed by atoms with Gasteiger partial charge in [0.05, 0.1) is 9.85 Å². The van der Waals surface area contributed by atoms with E-state index >= 15 is 0 Å². The minimum atomic E-state index is -0.757. The fraction of sp³-hybridized carbons (Fsp3) is 0.154. The summed E-state index contributed by atoms with van der Waals surface area (Å²) in [6.45, 7) is 3.64. The molecule has 0 radical (unpaired) electrons. The van der Waals surface area contributed by atoms with Crippen LogP contribution in [0, 0.1) is 34.1 Å². The van der Waals surface area contributed by atoms with Gasteiger partial charge in [-0.1, -0.05) is 0 Å². The highest BCUT2D eigenvalue weighted by Gasteiger charge is 2.24. The molecule has 1 heterocycles. The lowest BCUT2D eigenvalue weighted by atomic mass is 10.0. The minimum Gasteiger partial charge on any atom is -0.261 e. The highest BCUT2D eigenvalue weighted by molar-refractivity contribution is 5.72. The topological polar surface area (TPSA) is 99.2 Å². The van der Waals surface area contributed by atoms with Crippen LogP contribution in [-0.2, 0) is 0 Å². The van der Waals surface area contributed by atoms with Crippen molar-refractivity contribution in [2.45, 2.75) is 13.8 Å². The molecule has 2 aromatic rings. The molecule has 0 amide bonds. The molecule has 1 aromatic heterocycles. The van der Waals surface area contributed by atoms with E-state index in [1.807, 2.05) is 13.8 Å². The number of hydrogen-bond acceptors (Lipinski definition) is 5. The molecule has 0 spiro atoms. The first-order valence-electron chi connectivity index (χ1n) is 5.76. The van der Waals surface area contributed by atoms with Crippen LogP contribution in [0.5, 0.6) is 0 Å². The summed E-state index contributed by atoms with van der Waals surface area (Å²) in [7, 11) is 0. The molecule has 0 aliphatic rings. The van der Waals surface area contributed by atoms with Gasteiger partial charge < -0.3 is 0 Å². The predicted octanol–water partition coefficient (Wildman–Crippen LogP) is 3.18. The Morgan fingerprint density at radius 3 is 2.25 bits per heavy atom. The maximum atomic E-state index is 11.0. The highest BCUT2D eigenvalue weighted by Crippen LogP contribution is 2.33. The molecule has 0 bridgehead atoms. The van der Waals surface area contributed by atoms with Crippen LogP contribution in [-0.4, -0.2) is 14.8 Å². The number of rotatable bonds is 3. The SMILES string of the molecule is Cc1cc(-c2ccc([N+](=O)[O-])c([N+](=O)[O-])c2)c(C)cn1. The van der Waals surface area contributed by atoms with Crippen molar-refractivity contribution in [1.82, 2.24) is 4.98 Å². The Kier molecular flexibility index (Phi) is 3.43. The van der Waals surface area contributed by atoms with Crippen molar-refractivity contribution in [3.8, 4) is 11.1 Å². The van der Waals surface area contributed by atoms with E-state index in [2.05, 4.69) is 4.98 Å². The minimum absolute atomic E-state index is 0.512. The van der Waals surface area contributed by atoms with E-state index in [4.69, 9.17) is 0 Å². The van der Waals surface area contributed by atoms with E-state index in [0.717, 1.165) is 22.9 Å². The molecule has 0 saturated carbocycles. The van der Waals surface area contributed by atoms with Gasteiger partial charge in [0.15, 0.2) is 0 Å². The maximum absolute atomic E-state index is 11.0. The van der Waals surface area contributed by atoms with Crippen molar-refractivity contribution < 1.29 is 9.85 Å². The van der Waals surface area contributed by atoms with Crippen LogP contribution < -0.4 is 0 Å². The summed E-state index contributed by atoms with van der Waals surface area (Å²) in [6, 6.07) is 5.68. The summed E-state index contributed by atoms with van der Waals surface area (Å²) >= 11 is 0. The van der Waals surface area contributed by atoms with Crippen LogP contribution in [0.15, 0.2) is 30.5 Å². The third-order valence-corrected chi connectivity index (χ3v) is 2.92. The summed E-state index contributed by atoms with van der Waals surface area (Å²) in [5.74, 6) is 0. The van der Waals surface area contributed by atoms with Crippen molar-refractivity contribution in [1.29, 1.82) is 0 Å². The molecule has 2 rings (SSSR count). The summed E-state index contributed by atoms with van der Waals surface area (Å²) in [5, 5.41) is 21.7. The average molecular weight is 273 g/mol. The van der Waals surface area contributed by atoms with E-state index in [9.17, 15) is 20.2 Å². The van der Waals surface area contributed by atoms with Crippen molar-refractivity contribution in [3.05, 3.63) is 61.9 Å². The molecule has 0 aliphatic carbocycles. The summed E-state index contributed by atoms with van der Waals surface area (Å²) in [4.78, 5) is 24.4. The van der Waals surface area contributed by atoms with Crippen LogP contribution in [0.2, 0.25) is 0 Å². The van der Waals surface area contributed by atoms with E-state index in [0.29, 0.717) is 5.56 Å². The number of nitro benzene ring substituents is 2. The van der Waals surface area contributed by atoms with Gasteiger partial charge in [0.1, 0.15) is 0 Å². The van der Waals surface area contributed by atoms with Crippen LogP contribution in [0.1, 0.15) is 11.3 Å². The van der Waals surface area contributed by atoms with Gasteiger partial charge in [0, 0.05) is 24.0 Å². The standard InChI is InChI=1S/C13H11N3O4/c1-8-7-14-9(2)5-11(8)10-3-4-12(15(17)18)13(6-10)16(19)20/h3-7H,1-2H3. The van der Waals surface area contributed by atoms with E-state index in [1.165, 1.54) is 12.1 Å². The molecule has 0 N–H and O–H groups in total. The molecule has 7 nitrogen and oxygen atoms in total. The predicted molar refractivity (Wildman–Crippen MR) is 72.5 cm³/mol. The maximum Gasteiger partial charge on any atom is 0.346 e. The molecular formula is C13H11N3O4. The van der Waals surface area contributed by atoms with E-state index in [-0.39, 0.29) is 0 Å². The molecule has 7 heteroatoms. The van der Waals surface area contributed by atoms with Gasteiger partial charge in [-0.15, -0.1) is 0 Å². The number of nitrogens with zero attached hydrogens (tertiary/aromatic N) is 3. The number of aromatic nitrogens is 1.